The molecule has 0 spiro atoms. The number of hydrogen-bond donors (Lipinski definition) is 1. The molecule has 0 aliphatic heterocycles. The van der Waals surface area contributed by atoms with Gasteiger partial charge in [0.05, 0.1) is 17.4 Å². The number of carbonyl (C=O) groups excluding carboxylic acids is 3. The summed E-state index contributed by atoms with van der Waals surface area (Å²) in [6.07, 6.45) is -0.198. The van der Waals surface area contributed by atoms with Gasteiger partial charge in [-0.3, -0.25) is 14.4 Å². The second-order valence-electron chi connectivity index (χ2n) is 8.05. The van der Waals surface area contributed by atoms with Gasteiger partial charge < -0.3 is 9.84 Å². The third kappa shape index (κ3) is 4.46. The van der Waals surface area contributed by atoms with Gasteiger partial charge in [-0.25, -0.2) is 0 Å². The van der Waals surface area contributed by atoms with Crippen LogP contribution in [-0.2, 0) is 21.0 Å². The monoisotopic (exact) mass is 394 g/mol. The molecule has 5 nitrogen and oxygen atoms in total. The molecule has 1 fully saturated rings. The first-order chi connectivity index (χ1) is 13.7. The Labute approximate surface area is 170 Å². The number of ether oxygens (including phenoxy) is 1. The van der Waals surface area contributed by atoms with Crippen molar-refractivity contribution in [2.45, 2.75) is 45.3 Å². The summed E-state index contributed by atoms with van der Waals surface area (Å²) in [4.78, 5) is 37.3. The average Bonchev–Trinajstić information content (AvgIpc) is 2.65. The topological polar surface area (TPSA) is 80.7 Å². The highest BCUT2D eigenvalue weighted by Crippen LogP contribution is 2.46. The molecule has 1 N–H and O–H groups in total. The minimum absolute atomic E-state index is 0.198. The van der Waals surface area contributed by atoms with Gasteiger partial charge in [-0.2, -0.15) is 0 Å². The van der Waals surface area contributed by atoms with Crippen LogP contribution in [0.25, 0.3) is 0 Å². The maximum atomic E-state index is 12.6. The Kier molecular flexibility index (Phi) is 5.99. The summed E-state index contributed by atoms with van der Waals surface area (Å²) in [5, 5.41) is 10.8. The van der Waals surface area contributed by atoms with Gasteiger partial charge >= 0.3 is 0 Å². The number of benzene rings is 2. The molecule has 29 heavy (non-hydrogen) atoms. The van der Waals surface area contributed by atoms with Crippen LogP contribution in [0.2, 0.25) is 0 Å². The lowest BCUT2D eigenvalue weighted by Crippen LogP contribution is -2.53. The minimum Gasteiger partial charge on any atom is -0.489 e. The van der Waals surface area contributed by atoms with Gasteiger partial charge in [0.25, 0.3) is 0 Å². The second-order valence-corrected chi connectivity index (χ2v) is 8.05. The highest BCUT2D eigenvalue weighted by molar-refractivity contribution is 6.05. The Morgan fingerprint density at radius 3 is 2.21 bits per heavy atom. The van der Waals surface area contributed by atoms with Crippen LogP contribution in [0.3, 0.4) is 0 Å². The second kappa shape index (κ2) is 8.29. The Balaban J connectivity index is 1.89. The van der Waals surface area contributed by atoms with E-state index < -0.39 is 23.4 Å². The van der Waals surface area contributed by atoms with E-state index in [1.807, 2.05) is 30.3 Å². The molecular formula is C24H26O5. The molecule has 0 amide bonds. The Hall–Kier alpha value is -2.79. The van der Waals surface area contributed by atoms with Crippen LogP contribution >= 0.6 is 0 Å². The molecule has 0 aromatic heterocycles. The summed E-state index contributed by atoms with van der Waals surface area (Å²) in [5.41, 5.74) is 0.228. The first-order valence-corrected chi connectivity index (χ1v) is 9.73. The lowest BCUT2D eigenvalue weighted by molar-refractivity contribution is -0.151. The number of aliphatic hydroxyl groups is 1. The molecule has 3 rings (SSSR count). The van der Waals surface area contributed by atoms with Crippen LogP contribution in [0.1, 0.15) is 44.2 Å². The molecule has 0 bridgehead atoms. The lowest BCUT2D eigenvalue weighted by atomic mass is 9.60. The molecule has 1 saturated carbocycles. The predicted octanol–water partition coefficient (Wildman–Crippen LogP) is 3.48. The molecule has 2 aromatic carbocycles. The zero-order valence-electron chi connectivity index (χ0n) is 16.9. The zero-order valence-corrected chi connectivity index (χ0v) is 16.9. The van der Waals surface area contributed by atoms with Crippen molar-refractivity contribution in [1.29, 1.82) is 0 Å². The van der Waals surface area contributed by atoms with Crippen molar-refractivity contribution in [3.8, 4) is 5.75 Å². The minimum atomic E-state index is -1.48. The molecule has 1 aliphatic carbocycles. The number of hydrogen-bond acceptors (Lipinski definition) is 5. The third-order valence-corrected chi connectivity index (χ3v) is 5.66. The van der Waals surface area contributed by atoms with E-state index in [2.05, 4.69) is 0 Å². The van der Waals surface area contributed by atoms with Crippen molar-refractivity contribution < 1.29 is 24.2 Å². The third-order valence-electron chi connectivity index (χ3n) is 5.66. The summed E-state index contributed by atoms with van der Waals surface area (Å²) in [5.74, 6) is -2.65. The normalized spacial score (nSPS) is 26.8. The molecule has 0 radical (unpaired) electrons. The molecule has 0 saturated heterocycles. The lowest BCUT2D eigenvalue weighted by Gasteiger charge is -2.44. The van der Waals surface area contributed by atoms with Gasteiger partial charge in [0.1, 0.15) is 29.7 Å². The van der Waals surface area contributed by atoms with E-state index in [0.29, 0.717) is 17.9 Å². The molecule has 4 atom stereocenters. The molecule has 5 heteroatoms. The SMILES string of the molecule is CC(=O)C1C(=O)CC(C)(O)C(C(C)=O)C1c1ccc(OCc2ccccc2)cc1. The molecule has 1 aliphatic rings. The Bertz CT molecular complexity index is 899. The number of ketones is 3. The van der Waals surface area contributed by atoms with E-state index in [-0.39, 0.29) is 23.8 Å². The van der Waals surface area contributed by atoms with E-state index in [4.69, 9.17) is 4.74 Å². The molecular weight excluding hydrogens is 368 g/mol. The summed E-state index contributed by atoms with van der Waals surface area (Å²) in [6.45, 7) is 4.68. The van der Waals surface area contributed by atoms with Crippen LogP contribution in [-0.4, -0.2) is 28.1 Å². The molecule has 4 unspecified atom stereocenters. The van der Waals surface area contributed by atoms with Crippen molar-refractivity contribution in [2.75, 3.05) is 0 Å². The fraction of sp³-hybridized carbons (Fsp3) is 0.375. The van der Waals surface area contributed by atoms with E-state index >= 15 is 0 Å². The zero-order chi connectivity index (χ0) is 21.2. The Morgan fingerprint density at radius 1 is 1.03 bits per heavy atom. The highest BCUT2D eigenvalue weighted by atomic mass is 16.5. The first kappa shape index (κ1) is 20.9. The quantitative estimate of drug-likeness (QED) is 0.759. The van der Waals surface area contributed by atoms with Crippen molar-refractivity contribution in [2.24, 2.45) is 11.8 Å². The van der Waals surface area contributed by atoms with Crippen molar-refractivity contribution in [3.05, 3.63) is 65.7 Å². The van der Waals surface area contributed by atoms with Crippen molar-refractivity contribution in [3.63, 3.8) is 0 Å². The van der Waals surface area contributed by atoms with Crippen molar-refractivity contribution >= 4 is 17.3 Å². The van der Waals surface area contributed by atoms with Gasteiger partial charge in [0, 0.05) is 12.3 Å². The summed E-state index contributed by atoms with van der Waals surface area (Å²) < 4.78 is 5.79. The van der Waals surface area contributed by atoms with E-state index in [0.717, 1.165) is 5.56 Å². The van der Waals surface area contributed by atoms with Crippen LogP contribution in [0.15, 0.2) is 54.6 Å². The van der Waals surface area contributed by atoms with E-state index in [1.54, 1.807) is 24.3 Å². The average molecular weight is 394 g/mol. The Morgan fingerprint density at radius 2 is 1.66 bits per heavy atom. The number of Topliss-reactive ketones (excluding diaryl/α,β-unsaturated/α-hetero) is 3. The number of rotatable bonds is 6. The molecule has 152 valence electrons. The number of carbonyl (C=O) groups is 3. The maximum Gasteiger partial charge on any atom is 0.146 e. The molecule has 2 aromatic rings. The molecule has 0 heterocycles. The van der Waals surface area contributed by atoms with Gasteiger partial charge in [-0.15, -0.1) is 0 Å². The standard InChI is InChI=1S/C24H26O5/c1-15(25)21-20(27)13-24(3,28)23(16(2)26)22(21)18-9-11-19(12-10-18)29-14-17-7-5-4-6-8-17/h4-12,21-23,28H,13-14H2,1-3H3. The summed E-state index contributed by atoms with van der Waals surface area (Å²) >= 11 is 0. The van der Waals surface area contributed by atoms with E-state index in [9.17, 15) is 19.5 Å². The smallest absolute Gasteiger partial charge is 0.146 e. The van der Waals surface area contributed by atoms with Gasteiger partial charge in [-0.05, 0) is 44.0 Å². The fourth-order valence-electron chi connectivity index (χ4n) is 4.43. The van der Waals surface area contributed by atoms with Crippen LogP contribution in [0.4, 0.5) is 0 Å². The fourth-order valence-corrected chi connectivity index (χ4v) is 4.43. The first-order valence-electron chi connectivity index (χ1n) is 9.73. The van der Waals surface area contributed by atoms with Gasteiger partial charge in [0.2, 0.25) is 0 Å². The van der Waals surface area contributed by atoms with Crippen LogP contribution in [0, 0.1) is 11.8 Å². The van der Waals surface area contributed by atoms with Gasteiger partial charge in [-0.1, -0.05) is 42.5 Å². The largest absolute Gasteiger partial charge is 0.489 e. The van der Waals surface area contributed by atoms with E-state index in [1.165, 1.54) is 20.8 Å². The van der Waals surface area contributed by atoms with Crippen LogP contribution in [0.5, 0.6) is 5.75 Å². The highest BCUT2D eigenvalue weighted by Gasteiger charge is 2.53. The predicted molar refractivity (Wildman–Crippen MR) is 109 cm³/mol. The maximum absolute atomic E-state index is 12.6. The van der Waals surface area contributed by atoms with Crippen molar-refractivity contribution in [1.82, 2.24) is 0 Å². The van der Waals surface area contributed by atoms with Crippen LogP contribution < -0.4 is 4.74 Å². The summed E-state index contributed by atoms with van der Waals surface area (Å²) in [7, 11) is 0. The summed E-state index contributed by atoms with van der Waals surface area (Å²) in [6, 6.07) is 16.8. The van der Waals surface area contributed by atoms with Gasteiger partial charge in [0.15, 0.2) is 0 Å².